The Kier molecular flexibility index (Phi) is 2.99. The molecule has 3 rings (SSSR count). The Morgan fingerprint density at radius 3 is 2.94 bits per heavy atom. The Balaban J connectivity index is 2.16. The molecule has 0 aliphatic rings. The van der Waals surface area contributed by atoms with Crippen LogP contribution >= 0.6 is 22.7 Å². The number of thiophene rings is 1. The first kappa shape index (κ1) is 11.6. The van der Waals surface area contributed by atoms with E-state index in [4.69, 9.17) is 5.73 Å². The monoisotopic (exact) mass is 276 g/mol. The van der Waals surface area contributed by atoms with Crippen LogP contribution in [0.4, 0.5) is 0 Å². The number of nitrogens with zero attached hydrogens (tertiary/aromatic N) is 3. The molecule has 18 heavy (non-hydrogen) atoms. The maximum Gasteiger partial charge on any atom is 0.108 e. The van der Waals surface area contributed by atoms with Crippen LogP contribution in [0.25, 0.3) is 21.0 Å². The third-order valence-corrected chi connectivity index (χ3v) is 4.70. The van der Waals surface area contributed by atoms with Gasteiger partial charge in [0.15, 0.2) is 0 Å². The van der Waals surface area contributed by atoms with E-state index < -0.39 is 0 Å². The summed E-state index contributed by atoms with van der Waals surface area (Å²) in [5.41, 5.74) is 7.72. The molecule has 0 fully saturated rings. The number of hydrogen-bond acceptors (Lipinski definition) is 5. The lowest BCUT2D eigenvalue weighted by Gasteiger charge is -1.95. The third kappa shape index (κ3) is 1.98. The van der Waals surface area contributed by atoms with Crippen LogP contribution in [0.1, 0.15) is 5.01 Å². The van der Waals surface area contributed by atoms with E-state index in [1.165, 1.54) is 9.75 Å². The maximum absolute atomic E-state index is 5.70. The van der Waals surface area contributed by atoms with Gasteiger partial charge in [-0.15, -0.1) is 22.7 Å². The van der Waals surface area contributed by atoms with Crippen molar-refractivity contribution in [1.29, 1.82) is 0 Å². The molecule has 0 saturated heterocycles. The summed E-state index contributed by atoms with van der Waals surface area (Å²) in [4.78, 5) is 7.02. The Hall–Kier alpha value is -1.50. The molecule has 0 unspecified atom stereocenters. The van der Waals surface area contributed by atoms with E-state index in [-0.39, 0.29) is 0 Å². The molecule has 0 saturated carbocycles. The number of hydrogen-bond donors (Lipinski definition) is 1. The van der Waals surface area contributed by atoms with E-state index in [0.717, 1.165) is 16.3 Å². The predicted octanol–water partition coefficient (Wildman–Crippen LogP) is 2.73. The van der Waals surface area contributed by atoms with Crippen molar-refractivity contribution in [2.24, 2.45) is 12.8 Å². The number of nitrogens with two attached hydrogens (primary N) is 1. The molecule has 0 aliphatic carbocycles. The fraction of sp³-hybridized carbons (Fsp3) is 0.167. The normalized spacial score (nSPS) is 11.0. The maximum atomic E-state index is 5.70. The van der Waals surface area contributed by atoms with E-state index >= 15 is 0 Å². The Labute approximate surface area is 113 Å². The summed E-state index contributed by atoms with van der Waals surface area (Å²) >= 11 is 3.38. The van der Waals surface area contributed by atoms with Gasteiger partial charge in [-0.2, -0.15) is 5.10 Å². The van der Waals surface area contributed by atoms with Crippen LogP contribution in [0.5, 0.6) is 0 Å². The molecule has 6 heteroatoms. The van der Waals surface area contributed by atoms with Crippen LogP contribution < -0.4 is 5.73 Å². The molecule has 0 bridgehead atoms. The second kappa shape index (κ2) is 4.64. The van der Waals surface area contributed by atoms with Gasteiger partial charge in [-0.3, -0.25) is 4.68 Å². The fourth-order valence-corrected chi connectivity index (χ4v) is 3.58. The van der Waals surface area contributed by atoms with Gasteiger partial charge in [0.05, 0.1) is 16.8 Å². The average Bonchev–Trinajstić information content (AvgIpc) is 3.07. The molecule has 3 heterocycles. The molecule has 0 aliphatic heterocycles. The molecule has 2 N–H and O–H groups in total. The van der Waals surface area contributed by atoms with Gasteiger partial charge in [0, 0.05) is 30.2 Å². The zero-order valence-corrected chi connectivity index (χ0v) is 11.5. The van der Waals surface area contributed by atoms with Crippen LogP contribution in [-0.2, 0) is 13.6 Å². The number of thiazole rings is 1. The van der Waals surface area contributed by atoms with Gasteiger partial charge < -0.3 is 5.73 Å². The minimum Gasteiger partial charge on any atom is -0.325 e. The molecule has 4 nitrogen and oxygen atoms in total. The van der Waals surface area contributed by atoms with E-state index in [0.29, 0.717) is 6.54 Å². The lowest BCUT2D eigenvalue weighted by Crippen LogP contribution is -1.94. The Morgan fingerprint density at radius 1 is 1.44 bits per heavy atom. The Bertz CT molecular complexity index is 651. The highest BCUT2D eigenvalue weighted by Crippen LogP contribution is 2.38. The van der Waals surface area contributed by atoms with Crippen LogP contribution in [0, 0.1) is 0 Å². The molecule has 0 radical (unpaired) electrons. The zero-order chi connectivity index (χ0) is 12.5. The summed E-state index contributed by atoms with van der Waals surface area (Å²) in [5, 5.41) is 7.23. The van der Waals surface area contributed by atoms with Gasteiger partial charge >= 0.3 is 0 Å². The van der Waals surface area contributed by atoms with Crippen molar-refractivity contribution >= 4 is 22.7 Å². The van der Waals surface area contributed by atoms with Crippen molar-refractivity contribution in [2.45, 2.75) is 6.54 Å². The quantitative estimate of drug-likeness (QED) is 0.800. The number of aryl methyl sites for hydroxylation is 1. The summed E-state index contributed by atoms with van der Waals surface area (Å²) in [7, 11) is 1.91. The largest absolute Gasteiger partial charge is 0.325 e. The highest BCUT2D eigenvalue weighted by Gasteiger charge is 2.16. The molecular weight excluding hydrogens is 264 g/mol. The summed E-state index contributed by atoms with van der Waals surface area (Å²) in [6.07, 6.45) is 3.82. The standard InChI is InChI=1S/C12H12N4S2/c1-16-7-8(6-14-16)11-12(9-3-2-4-17-9)18-10(5-13)15-11/h2-4,6-7H,5,13H2,1H3. The summed E-state index contributed by atoms with van der Waals surface area (Å²) in [6.45, 7) is 0.476. The molecule has 0 amide bonds. The van der Waals surface area contributed by atoms with Crippen LogP contribution in [0.3, 0.4) is 0 Å². The summed E-state index contributed by atoms with van der Waals surface area (Å²) in [5.74, 6) is 0. The van der Waals surface area contributed by atoms with E-state index in [9.17, 15) is 0 Å². The lowest BCUT2D eigenvalue weighted by atomic mass is 10.2. The lowest BCUT2D eigenvalue weighted by molar-refractivity contribution is 0.768. The van der Waals surface area contributed by atoms with E-state index in [2.05, 4.69) is 27.6 Å². The van der Waals surface area contributed by atoms with Crippen LogP contribution in [0.2, 0.25) is 0 Å². The first-order chi connectivity index (χ1) is 8.78. The molecular formula is C12H12N4S2. The van der Waals surface area contributed by atoms with Crippen LogP contribution in [0.15, 0.2) is 29.9 Å². The van der Waals surface area contributed by atoms with E-state index in [1.54, 1.807) is 27.4 Å². The van der Waals surface area contributed by atoms with Gasteiger partial charge in [0.2, 0.25) is 0 Å². The molecule has 3 aromatic rings. The number of rotatable bonds is 3. The van der Waals surface area contributed by atoms with Crippen LogP contribution in [-0.4, -0.2) is 14.8 Å². The fourth-order valence-electron chi connectivity index (χ4n) is 1.77. The summed E-state index contributed by atoms with van der Waals surface area (Å²) in [6, 6.07) is 4.16. The molecule has 0 atom stereocenters. The van der Waals surface area contributed by atoms with Crippen molar-refractivity contribution in [3.8, 4) is 21.0 Å². The molecule has 0 spiro atoms. The van der Waals surface area contributed by atoms with Gasteiger partial charge in [-0.25, -0.2) is 4.98 Å². The van der Waals surface area contributed by atoms with Gasteiger partial charge in [0.25, 0.3) is 0 Å². The minimum absolute atomic E-state index is 0.476. The predicted molar refractivity (Wildman–Crippen MR) is 75.5 cm³/mol. The summed E-state index contributed by atoms with van der Waals surface area (Å²) < 4.78 is 1.79. The highest BCUT2D eigenvalue weighted by atomic mass is 32.1. The third-order valence-electron chi connectivity index (χ3n) is 2.57. The van der Waals surface area contributed by atoms with Crippen molar-refractivity contribution in [3.63, 3.8) is 0 Å². The molecule has 92 valence electrons. The average molecular weight is 276 g/mol. The van der Waals surface area contributed by atoms with Gasteiger partial charge in [-0.1, -0.05) is 6.07 Å². The first-order valence-electron chi connectivity index (χ1n) is 5.50. The number of aromatic nitrogens is 3. The minimum atomic E-state index is 0.476. The van der Waals surface area contributed by atoms with Crippen molar-refractivity contribution in [3.05, 3.63) is 34.9 Å². The van der Waals surface area contributed by atoms with Crippen molar-refractivity contribution in [2.75, 3.05) is 0 Å². The van der Waals surface area contributed by atoms with Crippen molar-refractivity contribution < 1.29 is 0 Å². The second-order valence-corrected chi connectivity index (χ2v) is 5.90. The first-order valence-corrected chi connectivity index (χ1v) is 7.20. The van der Waals surface area contributed by atoms with Crippen molar-refractivity contribution in [1.82, 2.24) is 14.8 Å². The second-order valence-electron chi connectivity index (χ2n) is 3.87. The highest BCUT2D eigenvalue weighted by molar-refractivity contribution is 7.21. The smallest absolute Gasteiger partial charge is 0.108 e. The molecule has 3 aromatic heterocycles. The zero-order valence-electron chi connectivity index (χ0n) is 9.83. The topological polar surface area (TPSA) is 56.7 Å². The SMILES string of the molecule is Cn1cc(-c2nc(CN)sc2-c2cccs2)cn1. The van der Waals surface area contributed by atoms with Gasteiger partial charge in [0.1, 0.15) is 5.01 Å². The Morgan fingerprint density at radius 2 is 2.33 bits per heavy atom. The molecule has 0 aromatic carbocycles. The van der Waals surface area contributed by atoms with Gasteiger partial charge in [-0.05, 0) is 11.4 Å². The van der Waals surface area contributed by atoms with E-state index in [1.807, 2.05) is 19.4 Å².